The van der Waals surface area contributed by atoms with Crippen LogP contribution in [0.4, 0.5) is 5.69 Å². The van der Waals surface area contributed by atoms with Crippen molar-refractivity contribution < 1.29 is 19.1 Å². The van der Waals surface area contributed by atoms with Gasteiger partial charge in [0.25, 0.3) is 5.91 Å². The highest BCUT2D eigenvalue weighted by Crippen LogP contribution is 2.17. The van der Waals surface area contributed by atoms with E-state index in [2.05, 4.69) is 15.6 Å². The van der Waals surface area contributed by atoms with Crippen molar-refractivity contribution >= 4 is 34.4 Å². The summed E-state index contributed by atoms with van der Waals surface area (Å²) in [6.45, 7) is 0.0443. The van der Waals surface area contributed by atoms with Crippen LogP contribution < -0.4 is 10.6 Å². The first-order valence-electron chi connectivity index (χ1n) is 9.32. The molecule has 30 heavy (non-hydrogen) atoms. The van der Waals surface area contributed by atoms with Gasteiger partial charge in [0.05, 0.1) is 11.6 Å². The number of benzene rings is 2. The second kappa shape index (κ2) is 9.89. The van der Waals surface area contributed by atoms with Crippen LogP contribution in [0.5, 0.6) is 0 Å². The summed E-state index contributed by atoms with van der Waals surface area (Å²) >= 11 is 0. The number of aromatic nitrogens is 1. The lowest BCUT2D eigenvalue weighted by Gasteiger charge is -2.07. The third-order valence-electron chi connectivity index (χ3n) is 4.37. The van der Waals surface area contributed by atoms with Gasteiger partial charge in [0.1, 0.15) is 6.42 Å². The van der Waals surface area contributed by atoms with E-state index in [0.29, 0.717) is 18.7 Å². The Morgan fingerprint density at radius 1 is 1.03 bits per heavy atom. The minimum atomic E-state index is -0.642. The van der Waals surface area contributed by atoms with Crippen LogP contribution in [0.15, 0.2) is 54.7 Å². The molecule has 0 aliphatic rings. The molecular formula is C22H20N4O4. The normalized spacial score (nSPS) is 10.2. The predicted molar refractivity (Wildman–Crippen MR) is 111 cm³/mol. The zero-order valence-corrected chi connectivity index (χ0v) is 16.1. The van der Waals surface area contributed by atoms with E-state index < -0.39 is 11.9 Å². The molecule has 0 bridgehead atoms. The molecule has 0 saturated heterocycles. The molecular weight excluding hydrogens is 384 g/mol. The fourth-order valence-corrected chi connectivity index (χ4v) is 2.91. The van der Waals surface area contributed by atoms with E-state index in [0.717, 1.165) is 16.5 Å². The van der Waals surface area contributed by atoms with E-state index in [9.17, 15) is 14.4 Å². The first-order valence-corrected chi connectivity index (χ1v) is 9.32. The van der Waals surface area contributed by atoms with Gasteiger partial charge >= 0.3 is 5.97 Å². The number of esters is 1. The Hall–Kier alpha value is -4.12. The Morgan fingerprint density at radius 2 is 1.80 bits per heavy atom. The number of hydrogen-bond acceptors (Lipinski definition) is 5. The lowest BCUT2D eigenvalue weighted by atomic mass is 10.1. The standard InChI is InChI=1S/C22H20N4O4/c23-11-9-20(27)26-17-7-5-15(6-8-17)22(29)30-14-21(28)24-12-10-16-13-25-19-4-2-1-3-18(16)19/h1-8,13,25H,9-10,12,14H2,(H,24,28)(H,26,27). The zero-order valence-electron chi connectivity index (χ0n) is 16.1. The summed E-state index contributed by atoms with van der Waals surface area (Å²) in [4.78, 5) is 38.5. The number of carbonyl (C=O) groups excluding carboxylic acids is 3. The fraction of sp³-hybridized carbons (Fsp3) is 0.182. The van der Waals surface area contributed by atoms with Crippen molar-refractivity contribution in [3.63, 3.8) is 0 Å². The van der Waals surface area contributed by atoms with Gasteiger partial charge in [-0.05, 0) is 42.3 Å². The van der Waals surface area contributed by atoms with E-state index in [1.807, 2.05) is 30.5 Å². The van der Waals surface area contributed by atoms with Crippen LogP contribution in [-0.2, 0) is 20.7 Å². The molecule has 0 unspecified atom stereocenters. The second-order valence-electron chi connectivity index (χ2n) is 6.50. The number of rotatable bonds is 8. The van der Waals surface area contributed by atoms with E-state index in [1.54, 1.807) is 6.07 Å². The fourth-order valence-electron chi connectivity index (χ4n) is 2.91. The molecule has 0 aliphatic carbocycles. The summed E-state index contributed by atoms with van der Waals surface area (Å²) in [7, 11) is 0. The highest BCUT2D eigenvalue weighted by Gasteiger charge is 2.11. The van der Waals surface area contributed by atoms with Gasteiger partial charge < -0.3 is 20.4 Å². The molecule has 0 spiro atoms. The number of hydrogen-bond donors (Lipinski definition) is 3. The maximum Gasteiger partial charge on any atom is 0.338 e. The van der Waals surface area contributed by atoms with Crippen molar-refractivity contribution in [1.82, 2.24) is 10.3 Å². The first-order chi connectivity index (χ1) is 14.6. The Labute approximate surface area is 172 Å². The van der Waals surface area contributed by atoms with E-state index in [1.165, 1.54) is 24.3 Å². The molecule has 2 aromatic carbocycles. The van der Waals surface area contributed by atoms with Gasteiger partial charge in [-0.1, -0.05) is 18.2 Å². The SMILES string of the molecule is N#CCC(=O)Nc1ccc(C(=O)OCC(=O)NCCc2c[nH]c3ccccc23)cc1. The van der Waals surface area contributed by atoms with Gasteiger partial charge in [-0.2, -0.15) is 5.26 Å². The van der Waals surface area contributed by atoms with E-state index in [4.69, 9.17) is 10.00 Å². The van der Waals surface area contributed by atoms with Crippen molar-refractivity contribution in [3.8, 4) is 6.07 Å². The Balaban J connectivity index is 1.41. The number of aromatic amines is 1. The van der Waals surface area contributed by atoms with Gasteiger partial charge in [0.15, 0.2) is 6.61 Å². The summed E-state index contributed by atoms with van der Waals surface area (Å²) in [5.74, 6) is -1.46. The number of fused-ring (bicyclic) bond motifs is 1. The molecule has 3 aromatic rings. The highest BCUT2D eigenvalue weighted by molar-refractivity contribution is 5.94. The smallest absolute Gasteiger partial charge is 0.338 e. The molecule has 1 aromatic heterocycles. The Kier molecular flexibility index (Phi) is 6.79. The molecule has 3 N–H and O–H groups in total. The monoisotopic (exact) mass is 404 g/mol. The molecule has 152 valence electrons. The van der Waals surface area contributed by atoms with Crippen LogP contribution in [0, 0.1) is 11.3 Å². The zero-order chi connectivity index (χ0) is 21.3. The number of nitrogens with zero attached hydrogens (tertiary/aromatic N) is 1. The molecule has 3 rings (SSSR count). The van der Waals surface area contributed by atoms with Crippen LogP contribution in [0.3, 0.4) is 0 Å². The van der Waals surface area contributed by atoms with Gasteiger partial charge in [-0.25, -0.2) is 4.79 Å². The summed E-state index contributed by atoms with van der Waals surface area (Å²) in [6, 6.07) is 15.7. The second-order valence-corrected chi connectivity index (χ2v) is 6.50. The summed E-state index contributed by atoms with van der Waals surface area (Å²) in [5.41, 5.74) is 2.86. The molecule has 8 heteroatoms. The Morgan fingerprint density at radius 3 is 2.57 bits per heavy atom. The van der Waals surface area contributed by atoms with Crippen molar-refractivity contribution in [2.24, 2.45) is 0 Å². The number of carbonyl (C=O) groups is 3. The molecule has 1 heterocycles. The number of nitriles is 1. The largest absolute Gasteiger partial charge is 0.452 e. The molecule has 0 saturated carbocycles. The third-order valence-corrected chi connectivity index (χ3v) is 4.37. The minimum absolute atomic E-state index is 0.250. The summed E-state index contributed by atoms with van der Waals surface area (Å²) in [5, 5.41) is 14.8. The van der Waals surface area contributed by atoms with Crippen molar-refractivity contribution in [1.29, 1.82) is 5.26 Å². The van der Waals surface area contributed by atoms with Gasteiger partial charge in [-0.3, -0.25) is 9.59 Å². The first kappa shape index (κ1) is 20.6. The van der Waals surface area contributed by atoms with Crippen molar-refractivity contribution in [3.05, 3.63) is 65.9 Å². The Bertz CT molecular complexity index is 1100. The number of ether oxygens (including phenoxy) is 1. The van der Waals surface area contributed by atoms with Crippen LogP contribution in [0.1, 0.15) is 22.3 Å². The third kappa shape index (κ3) is 5.45. The van der Waals surface area contributed by atoms with Crippen molar-refractivity contribution in [2.45, 2.75) is 12.8 Å². The average molecular weight is 404 g/mol. The van der Waals surface area contributed by atoms with E-state index in [-0.39, 0.29) is 24.5 Å². The van der Waals surface area contributed by atoms with Crippen LogP contribution in [0.2, 0.25) is 0 Å². The van der Waals surface area contributed by atoms with Crippen LogP contribution >= 0.6 is 0 Å². The molecule has 2 amide bonds. The maximum atomic E-state index is 12.1. The topological polar surface area (TPSA) is 124 Å². The minimum Gasteiger partial charge on any atom is -0.452 e. The predicted octanol–water partition coefficient (Wildman–Crippen LogP) is 2.54. The number of amides is 2. The number of anilines is 1. The van der Waals surface area contributed by atoms with Gasteiger partial charge in [0.2, 0.25) is 5.91 Å². The van der Waals surface area contributed by atoms with Crippen LogP contribution in [0.25, 0.3) is 10.9 Å². The van der Waals surface area contributed by atoms with Gasteiger partial charge in [-0.15, -0.1) is 0 Å². The number of H-pyrrole nitrogens is 1. The van der Waals surface area contributed by atoms with E-state index >= 15 is 0 Å². The number of nitrogens with one attached hydrogen (secondary N) is 3. The maximum absolute atomic E-state index is 12.1. The number of para-hydroxylation sites is 1. The van der Waals surface area contributed by atoms with Crippen LogP contribution in [-0.4, -0.2) is 35.9 Å². The van der Waals surface area contributed by atoms with Crippen molar-refractivity contribution in [2.75, 3.05) is 18.5 Å². The molecule has 0 radical (unpaired) electrons. The molecule has 0 atom stereocenters. The average Bonchev–Trinajstić information content (AvgIpc) is 3.16. The molecule has 0 aliphatic heterocycles. The van der Waals surface area contributed by atoms with Gasteiger partial charge in [0, 0.05) is 29.3 Å². The summed E-state index contributed by atoms with van der Waals surface area (Å²) < 4.78 is 5.02. The summed E-state index contributed by atoms with van der Waals surface area (Å²) in [6.07, 6.45) is 2.32. The quantitative estimate of drug-likeness (QED) is 0.498. The molecule has 8 nitrogen and oxygen atoms in total. The lowest BCUT2D eigenvalue weighted by Crippen LogP contribution is -2.30. The molecule has 0 fully saturated rings. The lowest BCUT2D eigenvalue weighted by molar-refractivity contribution is -0.124. The highest BCUT2D eigenvalue weighted by atomic mass is 16.5.